The van der Waals surface area contributed by atoms with E-state index in [0.717, 1.165) is 30.5 Å². The molecule has 1 aromatic heterocycles. The van der Waals surface area contributed by atoms with Gasteiger partial charge < -0.3 is 14.9 Å². The Kier molecular flexibility index (Phi) is 6.03. The number of hydrogen-bond donors (Lipinski definition) is 2. The van der Waals surface area contributed by atoms with Crippen molar-refractivity contribution in [1.82, 2.24) is 15.4 Å². The van der Waals surface area contributed by atoms with Gasteiger partial charge in [0, 0.05) is 12.6 Å². The number of hydrogen-bond acceptors (Lipinski definition) is 5. The molecule has 0 radical (unpaired) electrons. The van der Waals surface area contributed by atoms with Crippen molar-refractivity contribution in [2.24, 2.45) is 0 Å². The highest BCUT2D eigenvalue weighted by molar-refractivity contribution is 5.92. The van der Waals surface area contributed by atoms with Gasteiger partial charge >= 0.3 is 0 Å². The van der Waals surface area contributed by atoms with E-state index >= 15 is 0 Å². The van der Waals surface area contributed by atoms with Crippen LogP contribution in [0.4, 0.5) is 0 Å². The number of carbonyl (C=O) groups is 1. The third-order valence-corrected chi connectivity index (χ3v) is 5.19. The molecule has 150 valence electrons. The average molecular weight is 391 g/mol. The van der Waals surface area contributed by atoms with Crippen LogP contribution in [0.3, 0.4) is 0 Å². The van der Waals surface area contributed by atoms with Crippen molar-refractivity contribution in [3.63, 3.8) is 0 Å². The molecule has 2 aromatic carbocycles. The summed E-state index contributed by atoms with van der Waals surface area (Å²) < 4.78 is 5.38. The van der Waals surface area contributed by atoms with Crippen molar-refractivity contribution in [2.75, 3.05) is 13.1 Å². The van der Waals surface area contributed by atoms with Crippen molar-refractivity contribution < 1.29 is 14.4 Å². The van der Waals surface area contributed by atoms with Crippen LogP contribution in [0.5, 0.6) is 0 Å². The SMILES string of the molecule is O=C(NC(c1ccccc1)c1ccccc1)c1cc(CN2CCC[C@H](O)C2)on1. The Balaban J connectivity index is 1.47. The van der Waals surface area contributed by atoms with Gasteiger partial charge in [0.25, 0.3) is 5.91 Å². The van der Waals surface area contributed by atoms with Crippen LogP contribution in [0.1, 0.15) is 46.3 Å². The van der Waals surface area contributed by atoms with E-state index in [0.29, 0.717) is 18.8 Å². The van der Waals surface area contributed by atoms with E-state index < -0.39 is 0 Å². The van der Waals surface area contributed by atoms with Crippen LogP contribution in [0.25, 0.3) is 0 Å². The fourth-order valence-corrected chi connectivity index (χ4v) is 3.74. The van der Waals surface area contributed by atoms with E-state index in [-0.39, 0.29) is 23.7 Å². The Labute approximate surface area is 170 Å². The molecule has 1 aliphatic rings. The molecule has 4 rings (SSSR count). The second-order valence-electron chi connectivity index (χ2n) is 7.44. The van der Waals surface area contributed by atoms with Gasteiger partial charge in [-0.15, -0.1) is 0 Å². The number of aliphatic hydroxyl groups excluding tert-OH is 1. The lowest BCUT2D eigenvalue weighted by atomic mass is 9.98. The lowest BCUT2D eigenvalue weighted by Gasteiger charge is -2.28. The van der Waals surface area contributed by atoms with Crippen LogP contribution < -0.4 is 5.32 Å². The summed E-state index contributed by atoms with van der Waals surface area (Å²) in [4.78, 5) is 15.0. The van der Waals surface area contributed by atoms with Gasteiger partial charge in [0.05, 0.1) is 18.7 Å². The summed E-state index contributed by atoms with van der Waals surface area (Å²) in [6.45, 7) is 2.06. The molecule has 0 unspecified atom stereocenters. The molecule has 0 bridgehead atoms. The summed E-state index contributed by atoms with van der Waals surface area (Å²) in [5, 5.41) is 16.9. The largest absolute Gasteiger partial charge is 0.392 e. The first kappa shape index (κ1) is 19.4. The molecule has 29 heavy (non-hydrogen) atoms. The van der Waals surface area contributed by atoms with Gasteiger partial charge in [-0.2, -0.15) is 0 Å². The van der Waals surface area contributed by atoms with Crippen molar-refractivity contribution in [1.29, 1.82) is 0 Å². The number of benzene rings is 2. The summed E-state index contributed by atoms with van der Waals surface area (Å²) in [6.07, 6.45) is 1.49. The zero-order chi connectivity index (χ0) is 20.1. The number of rotatable bonds is 6. The fourth-order valence-electron chi connectivity index (χ4n) is 3.74. The van der Waals surface area contributed by atoms with Crippen LogP contribution in [0.2, 0.25) is 0 Å². The molecule has 0 aliphatic carbocycles. The molecule has 6 heteroatoms. The van der Waals surface area contributed by atoms with Crippen LogP contribution in [-0.2, 0) is 6.54 Å². The first-order valence-electron chi connectivity index (χ1n) is 9.96. The molecule has 1 fully saturated rings. The normalized spacial score (nSPS) is 17.4. The topological polar surface area (TPSA) is 78.6 Å². The highest BCUT2D eigenvalue weighted by Gasteiger charge is 2.22. The molecule has 2 heterocycles. The molecule has 2 N–H and O–H groups in total. The molecular formula is C23H25N3O3. The number of nitrogens with zero attached hydrogens (tertiary/aromatic N) is 2. The fraction of sp³-hybridized carbons (Fsp3) is 0.304. The molecule has 1 amide bonds. The highest BCUT2D eigenvalue weighted by Crippen LogP contribution is 2.22. The van der Waals surface area contributed by atoms with E-state index in [2.05, 4.69) is 15.4 Å². The minimum Gasteiger partial charge on any atom is -0.392 e. The lowest BCUT2D eigenvalue weighted by Crippen LogP contribution is -2.37. The second-order valence-corrected chi connectivity index (χ2v) is 7.44. The number of likely N-dealkylation sites (tertiary alicyclic amines) is 1. The van der Waals surface area contributed by atoms with Crippen LogP contribution in [-0.4, -0.2) is 40.3 Å². The zero-order valence-corrected chi connectivity index (χ0v) is 16.2. The molecular weight excluding hydrogens is 366 g/mol. The van der Waals surface area contributed by atoms with Gasteiger partial charge in [-0.1, -0.05) is 65.8 Å². The summed E-state index contributed by atoms with van der Waals surface area (Å²) >= 11 is 0. The lowest BCUT2D eigenvalue weighted by molar-refractivity contribution is 0.0622. The number of carbonyl (C=O) groups excluding carboxylic acids is 1. The van der Waals surface area contributed by atoms with Crippen molar-refractivity contribution in [3.8, 4) is 0 Å². The van der Waals surface area contributed by atoms with Gasteiger partial charge in [0.2, 0.25) is 0 Å². The molecule has 1 aliphatic heterocycles. The van der Waals surface area contributed by atoms with Crippen molar-refractivity contribution in [3.05, 3.63) is 89.3 Å². The Morgan fingerprint density at radius 1 is 1.14 bits per heavy atom. The number of piperidine rings is 1. The van der Waals surface area contributed by atoms with Crippen molar-refractivity contribution >= 4 is 5.91 Å². The summed E-state index contributed by atoms with van der Waals surface area (Å²) in [5.41, 5.74) is 2.26. The van der Waals surface area contributed by atoms with E-state index in [9.17, 15) is 9.90 Å². The maximum absolute atomic E-state index is 12.9. The van der Waals surface area contributed by atoms with Gasteiger partial charge in [-0.05, 0) is 30.5 Å². The van der Waals surface area contributed by atoms with E-state index in [1.807, 2.05) is 60.7 Å². The predicted molar refractivity (Wildman–Crippen MR) is 109 cm³/mol. The molecule has 0 saturated carbocycles. The quantitative estimate of drug-likeness (QED) is 0.675. The number of aromatic nitrogens is 1. The molecule has 1 atom stereocenters. The highest BCUT2D eigenvalue weighted by atomic mass is 16.5. The molecule has 3 aromatic rings. The van der Waals surface area contributed by atoms with Crippen molar-refractivity contribution in [2.45, 2.75) is 31.5 Å². The Bertz CT molecular complexity index is 887. The van der Waals surface area contributed by atoms with Gasteiger partial charge in [-0.3, -0.25) is 9.69 Å². The number of aliphatic hydroxyl groups is 1. The minimum atomic E-state index is -0.299. The standard InChI is InChI=1S/C23H25N3O3/c27-19-12-7-13-26(15-19)16-20-14-21(25-29-20)23(28)24-22(17-8-3-1-4-9-17)18-10-5-2-6-11-18/h1-6,8-11,14,19,22,27H,7,12-13,15-16H2,(H,24,28)/t19-/m0/s1. The third kappa shape index (κ3) is 4.91. The number of amides is 1. The average Bonchev–Trinajstić information content (AvgIpc) is 3.22. The van der Waals surface area contributed by atoms with Crippen LogP contribution >= 0.6 is 0 Å². The first-order valence-corrected chi connectivity index (χ1v) is 9.96. The summed E-state index contributed by atoms with van der Waals surface area (Å²) in [5.74, 6) is 0.344. The van der Waals surface area contributed by atoms with Gasteiger partial charge in [-0.25, -0.2) is 0 Å². The summed E-state index contributed by atoms with van der Waals surface area (Å²) in [6, 6.07) is 21.1. The Hall–Kier alpha value is -2.96. The Morgan fingerprint density at radius 2 is 1.79 bits per heavy atom. The maximum atomic E-state index is 12.9. The smallest absolute Gasteiger partial charge is 0.274 e. The second kappa shape index (κ2) is 9.03. The molecule has 0 spiro atoms. The van der Waals surface area contributed by atoms with Crippen LogP contribution in [0, 0.1) is 0 Å². The monoisotopic (exact) mass is 391 g/mol. The predicted octanol–water partition coefficient (Wildman–Crippen LogP) is 3.15. The van der Waals surface area contributed by atoms with E-state index in [1.54, 1.807) is 6.07 Å². The Morgan fingerprint density at radius 3 is 2.41 bits per heavy atom. The van der Waals surface area contributed by atoms with Gasteiger partial charge in [0.1, 0.15) is 0 Å². The summed E-state index contributed by atoms with van der Waals surface area (Å²) in [7, 11) is 0. The van der Waals surface area contributed by atoms with Gasteiger partial charge in [0.15, 0.2) is 11.5 Å². The van der Waals surface area contributed by atoms with E-state index in [1.165, 1.54) is 0 Å². The minimum absolute atomic E-state index is 0.259. The number of nitrogens with one attached hydrogen (secondary N) is 1. The number of β-amino-alcohol motifs (C(OH)–C–C–N with tert-alkyl or cyclic N) is 1. The third-order valence-electron chi connectivity index (χ3n) is 5.19. The first-order chi connectivity index (χ1) is 14.2. The van der Waals surface area contributed by atoms with Crippen LogP contribution in [0.15, 0.2) is 71.3 Å². The molecule has 6 nitrogen and oxygen atoms in total. The van der Waals surface area contributed by atoms with E-state index in [4.69, 9.17) is 4.52 Å². The zero-order valence-electron chi connectivity index (χ0n) is 16.2. The molecule has 1 saturated heterocycles. The maximum Gasteiger partial charge on any atom is 0.274 e.